The second kappa shape index (κ2) is 6.89. The Balaban J connectivity index is 5.45. The Labute approximate surface area is 97.8 Å². The van der Waals surface area contributed by atoms with Gasteiger partial charge in [0, 0.05) is 14.2 Å². The van der Waals surface area contributed by atoms with E-state index in [4.69, 9.17) is 13.8 Å². The van der Waals surface area contributed by atoms with Crippen molar-refractivity contribution in [3.63, 3.8) is 0 Å². The predicted octanol–water partition coefficient (Wildman–Crippen LogP) is 3.71. The van der Waals surface area contributed by atoms with E-state index in [-0.39, 0.29) is 0 Å². The highest BCUT2D eigenvalue weighted by Gasteiger charge is 2.31. The van der Waals surface area contributed by atoms with Crippen LogP contribution in [0.4, 0.5) is 0 Å². The highest BCUT2D eigenvalue weighted by molar-refractivity contribution is 7.58. The highest BCUT2D eigenvalue weighted by Crippen LogP contribution is 2.57. The fraction of sp³-hybridized carbons (Fsp3) is 0.636. The lowest BCUT2D eigenvalue weighted by Crippen LogP contribution is -2.02. The van der Waals surface area contributed by atoms with E-state index in [1.165, 1.54) is 14.2 Å². The van der Waals surface area contributed by atoms with E-state index in [0.29, 0.717) is 17.7 Å². The molecule has 0 aromatic heterocycles. The van der Waals surface area contributed by atoms with Gasteiger partial charge in [-0.1, -0.05) is 6.08 Å². The summed E-state index contributed by atoms with van der Waals surface area (Å²) in [6.07, 6.45) is 1.70. The van der Waals surface area contributed by atoms with Crippen molar-refractivity contribution in [3.8, 4) is 0 Å². The fourth-order valence-corrected chi connectivity index (χ4v) is 2.70. The minimum atomic E-state index is -3.25. The zero-order valence-corrected chi connectivity index (χ0v) is 11.8. The summed E-state index contributed by atoms with van der Waals surface area (Å²) >= 11 is 0. The monoisotopic (exact) mass is 248 g/mol. The van der Waals surface area contributed by atoms with Crippen LogP contribution in [-0.2, 0) is 18.3 Å². The van der Waals surface area contributed by atoms with Crippen LogP contribution >= 0.6 is 7.60 Å². The standard InChI is InChI=1S/C11H21O4P/c1-7-10(16(12,13-5)14-6)11(9(3)4)15-8-2/h7H,8H2,1-6H3/b10-7+. The van der Waals surface area contributed by atoms with E-state index in [1.54, 1.807) is 13.0 Å². The molecule has 0 rings (SSSR count). The van der Waals surface area contributed by atoms with Crippen molar-refractivity contribution < 1.29 is 18.3 Å². The second-order valence-corrected chi connectivity index (χ2v) is 5.51. The van der Waals surface area contributed by atoms with E-state index < -0.39 is 7.60 Å². The van der Waals surface area contributed by atoms with Gasteiger partial charge in [0.25, 0.3) is 0 Å². The first kappa shape index (κ1) is 15.4. The van der Waals surface area contributed by atoms with Crippen molar-refractivity contribution in [2.75, 3.05) is 20.8 Å². The molecule has 0 aromatic carbocycles. The summed E-state index contributed by atoms with van der Waals surface area (Å²) in [6.45, 7) is 7.95. The lowest BCUT2D eigenvalue weighted by atomic mass is 10.2. The summed E-state index contributed by atoms with van der Waals surface area (Å²) in [4.78, 5) is 0. The molecule has 0 amide bonds. The van der Waals surface area contributed by atoms with Crippen molar-refractivity contribution >= 4 is 7.60 Å². The molecular formula is C11H21O4P. The van der Waals surface area contributed by atoms with E-state index in [1.807, 2.05) is 20.8 Å². The third kappa shape index (κ3) is 3.48. The van der Waals surface area contributed by atoms with Gasteiger partial charge in [-0.25, -0.2) is 0 Å². The lowest BCUT2D eigenvalue weighted by Gasteiger charge is -2.20. The molecule has 0 aliphatic heterocycles. The molecule has 0 N–H and O–H groups in total. The summed E-state index contributed by atoms with van der Waals surface area (Å²) in [6, 6.07) is 0. The molecule has 0 radical (unpaired) electrons. The van der Waals surface area contributed by atoms with Gasteiger partial charge in [0.15, 0.2) is 0 Å². The van der Waals surface area contributed by atoms with Crippen molar-refractivity contribution in [3.05, 3.63) is 22.7 Å². The van der Waals surface area contributed by atoms with Crippen LogP contribution in [0.1, 0.15) is 27.7 Å². The summed E-state index contributed by atoms with van der Waals surface area (Å²) in [5, 5.41) is 0.472. The maximum absolute atomic E-state index is 12.3. The van der Waals surface area contributed by atoms with Crippen molar-refractivity contribution in [2.24, 2.45) is 0 Å². The highest BCUT2D eigenvalue weighted by atomic mass is 31.2. The Morgan fingerprint density at radius 3 is 2.00 bits per heavy atom. The van der Waals surface area contributed by atoms with Crippen molar-refractivity contribution in [1.29, 1.82) is 0 Å². The Bertz CT molecular complexity index is 319. The van der Waals surface area contributed by atoms with Gasteiger partial charge in [-0.3, -0.25) is 4.57 Å². The molecule has 0 spiro atoms. The van der Waals surface area contributed by atoms with Gasteiger partial charge < -0.3 is 13.8 Å². The van der Waals surface area contributed by atoms with Crippen LogP contribution < -0.4 is 0 Å². The normalized spacial score (nSPS) is 12.5. The van der Waals surface area contributed by atoms with Crippen molar-refractivity contribution in [1.82, 2.24) is 0 Å². The van der Waals surface area contributed by atoms with E-state index >= 15 is 0 Å². The third-order valence-electron chi connectivity index (χ3n) is 2.02. The third-order valence-corrected chi connectivity index (χ3v) is 4.04. The molecular weight excluding hydrogens is 227 g/mol. The molecule has 94 valence electrons. The first-order chi connectivity index (χ1) is 7.46. The maximum Gasteiger partial charge on any atom is 0.364 e. The first-order valence-electron chi connectivity index (χ1n) is 5.15. The number of ether oxygens (including phenoxy) is 1. The molecule has 0 unspecified atom stereocenters. The Kier molecular flexibility index (Phi) is 6.65. The van der Waals surface area contributed by atoms with Gasteiger partial charge in [0.1, 0.15) is 11.1 Å². The largest absolute Gasteiger partial charge is 0.493 e. The number of rotatable bonds is 6. The van der Waals surface area contributed by atoms with E-state index in [0.717, 1.165) is 5.57 Å². The second-order valence-electron chi connectivity index (χ2n) is 3.30. The number of hydrogen-bond acceptors (Lipinski definition) is 4. The average Bonchev–Trinajstić information content (AvgIpc) is 2.28. The summed E-state index contributed by atoms with van der Waals surface area (Å²) in [7, 11) is -0.526. The molecule has 0 saturated carbocycles. The molecule has 0 aliphatic rings. The van der Waals surface area contributed by atoms with Crippen LogP contribution in [0.25, 0.3) is 0 Å². The molecule has 5 heteroatoms. The van der Waals surface area contributed by atoms with Gasteiger partial charge in [-0.05, 0) is 33.3 Å². The summed E-state index contributed by atoms with van der Waals surface area (Å²) in [5.41, 5.74) is 0.935. The molecule has 0 aliphatic carbocycles. The smallest absolute Gasteiger partial charge is 0.364 e. The SMILES string of the molecule is C/C=C(\C(OCC)=C(C)C)P(=O)(OC)OC. The van der Waals surface area contributed by atoms with Gasteiger partial charge >= 0.3 is 7.60 Å². The van der Waals surface area contributed by atoms with Crippen LogP contribution in [0.5, 0.6) is 0 Å². The van der Waals surface area contributed by atoms with Crippen LogP contribution in [0.2, 0.25) is 0 Å². The van der Waals surface area contributed by atoms with E-state index in [9.17, 15) is 4.57 Å². The summed E-state index contributed by atoms with van der Waals surface area (Å²) in [5.74, 6) is 0.581. The zero-order valence-electron chi connectivity index (χ0n) is 10.9. The lowest BCUT2D eigenvalue weighted by molar-refractivity contribution is 0.229. The van der Waals surface area contributed by atoms with Crippen LogP contribution in [-0.4, -0.2) is 20.8 Å². The van der Waals surface area contributed by atoms with Gasteiger partial charge in [0.05, 0.1) is 6.61 Å². The van der Waals surface area contributed by atoms with Gasteiger partial charge in [-0.15, -0.1) is 0 Å². The molecule has 0 heterocycles. The molecule has 0 bridgehead atoms. The quantitative estimate of drug-likeness (QED) is 0.408. The van der Waals surface area contributed by atoms with Gasteiger partial charge in [0.2, 0.25) is 0 Å². The molecule has 16 heavy (non-hydrogen) atoms. The zero-order chi connectivity index (χ0) is 12.8. The number of hydrogen-bond donors (Lipinski definition) is 0. The number of allylic oxidation sites excluding steroid dienone is 3. The first-order valence-corrected chi connectivity index (χ1v) is 6.70. The van der Waals surface area contributed by atoms with Crippen LogP contribution in [0.3, 0.4) is 0 Å². The average molecular weight is 248 g/mol. The van der Waals surface area contributed by atoms with E-state index in [2.05, 4.69) is 0 Å². The van der Waals surface area contributed by atoms with Gasteiger partial charge in [-0.2, -0.15) is 0 Å². The topological polar surface area (TPSA) is 44.8 Å². The molecule has 0 aromatic rings. The van der Waals surface area contributed by atoms with Crippen molar-refractivity contribution in [2.45, 2.75) is 27.7 Å². The Morgan fingerprint density at radius 2 is 1.75 bits per heavy atom. The predicted molar refractivity (Wildman–Crippen MR) is 65.4 cm³/mol. The minimum absolute atomic E-state index is 0.472. The molecule has 0 saturated heterocycles. The molecule has 4 nitrogen and oxygen atoms in total. The Morgan fingerprint density at radius 1 is 1.25 bits per heavy atom. The molecule has 0 atom stereocenters. The minimum Gasteiger partial charge on any atom is -0.493 e. The Hall–Kier alpha value is -0.570. The fourth-order valence-electron chi connectivity index (χ4n) is 1.30. The molecule has 0 fully saturated rings. The van der Waals surface area contributed by atoms with Crippen LogP contribution in [0, 0.1) is 0 Å². The maximum atomic E-state index is 12.3. The van der Waals surface area contributed by atoms with Crippen LogP contribution in [0.15, 0.2) is 22.7 Å². The summed E-state index contributed by atoms with van der Waals surface area (Å²) < 4.78 is 27.7.